The van der Waals surface area contributed by atoms with Gasteiger partial charge in [0.05, 0.1) is 23.7 Å². The molecule has 10 heteroatoms. The minimum atomic E-state index is -3.79. The highest BCUT2D eigenvalue weighted by molar-refractivity contribution is 7.91. The van der Waals surface area contributed by atoms with E-state index in [1.807, 2.05) is 0 Å². The number of rotatable bonds is 4. The number of thiophene rings is 1. The number of hydrogen-bond donors (Lipinski definition) is 1. The molecule has 0 saturated carbocycles. The number of nitrogens with one attached hydrogen (secondary N) is 1. The zero-order valence-corrected chi connectivity index (χ0v) is 13.6. The van der Waals surface area contributed by atoms with Crippen molar-refractivity contribution in [3.8, 4) is 0 Å². The Morgan fingerprint density at radius 2 is 2.19 bits per heavy atom. The van der Waals surface area contributed by atoms with Crippen LogP contribution in [0.5, 0.6) is 0 Å². The van der Waals surface area contributed by atoms with E-state index >= 15 is 0 Å². The SMILES string of the molecule is CNc1sc(S(=O)(=O)N2CCOCC2(C)C)cc1[N+](=O)[O-]. The molecule has 0 amide bonds. The largest absolute Gasteiger partial charge is 0.378 e. The first-order valence-corrected chi connectivity index (χ1v) is 8.52. The normalized spacial score (nSPS) is 19.4. The lowest BCUT2D eigenvalue weighted by Crippen LogP contribution is -2.55. The van der Waals surface area contributed by atoms with Gasteiger partial charge in [-0.2, -0.15) is 4.31 Å². The average molecular weight is 335 g/mol. The zero-order chi connectivity index (χ0) is 15.8. The molecule has 2 heterocycles. The van der Waals surface area contributed by atoms with Gasteiger partial charge in [0.25, 0.3) is 10.0 Å². The molecule has 1 N–H and O–H groups in total. The summed E-state index contributed by atoms with van der Waals surface area (Å²) in [7, 11) is -2.27. The molecule has 1 aliphatic rings. The lowest BCUT2D eigenvalue weighted by Gasteiger charge is -2.40. The number of ether oxygens (including phenoxy) is 1. The number of hydrogen-bond acceptors (Lipinski definition) is 7. The highest BCUT2D eigenvalue weighted by atomic mass is 32.2. The van der Waals surface area contributed by atoms with E-state index in [1.165, 1.54) is 11.4 Å². The van der Waals surface area contributed by atoms with E-state index in [4.69, 9.17) is 4.74 Å². The van der Waals surface area contributed by atoms with Crippen LogP contribution in [0, 0.1) is 10.1 Å². The van der Waals surface area contributed by atoms with Gasteiger partial charge >= 0.3 is 5.69 Å². The van der Waals surface area contributed by atoms with E-state index in [1.54, 1.807) is 13.8 Å². The summed E-state index contributed by atoms with van der Waals surface area (Å²) in [4.78, 5) is 10.4. The van der Waals surface area contributed by atoms with Gasteiger partial charge in [-0.25, -0.2) is 8.42 Å². The molecular weight excluding hydrogens is 318 g/mol. The van der Waals surface area contributed by atoms with Gasteiger partial charge in [0.2, 0.25) is 0 Å². The van der Waals surface area contributed by atoms with Crippen LogP contribution in [0.2, 0.25) is 0 Å². The van der Waals surface area contributed by atoms with Crippen molar-refractivity contribution < 1.29 is 18.1 Å². The Labute approximate surface area is 126 Å². The Hall–Kier alpha value is -1.23. The molecule has 0 aliphatic carbocycles. The zero-order valence-electron chi connectivity index (χ0n) is 12.0. The maximum absolute atomic E-state index is 12.7. The molecule has 0 aromatic carbocycles. The first-order chi connectivity index (χ1) is 9.70. The van der Waals surface area contributed by atoms with Crippen molar-refractivity contribution in [2.45, 2.75) is 23.6 Å². The van der Waals surface area contributed by atoms with E-state index in [0.29, 0.717) is 13.2 Å². The van der Waals surface area contributed by atoms with E-state index in [0.717, 1.165) is 17.4 Å². The molecule has 118 valence electrons. The van der Waals surface area contributed by atoms with Crippen LogP contribution in [0.3, 0.4) is 0 Å². The van der Waals surface area contributed by atoms with Gasteiger partial charge in [0, 0.05) is 19.7 Å². The molecule has 0 bridgehead atoms. The maximum atomic E-state index is 12.7. The first kappa shape index (κ1) is 16.1. The Kier molecular flexibility index (Phi) is 4.24. The maximum Gasteiger partial charge on any atom is 0.304 e. The molecule has 1 aromatic heterocycles. The molecule has 0 unspecified atom stereocenters. The minimum Gasteiger partial charge on any atom is -0.378 e. The van der Waals surface area contributed by atoms with Gasteiger partial charge in [-0.05, 0) is 13.8 Å². The molecule has 0 radical (unpaired) electrons. The van der Waals surface area contributed by atoms with Crippen LogP contribution in [0.15, 0.2) is 10.3 Å². The van der Waals surface area contributed by atoms with Crippen molar-refractivity contribution in [1.29, 1.82) is 0 Å². The molecule has 1 aliphatic heterocycles. The van der Waals surface area contributed by atoms with Crippen LogP contribution in [0.4, 0.5) is 10.7 Å². The van der Waals surface area contributed by atoms with Crippen molar-refractivity contribution >= 4 is 32.0 Å². The number of sulfonamides is 1. The summed E-state index contributed by atoms with van der Waals surface area (Å²) in [5.41, 5.74) is -0.914. The lowest BCUT2D eigenvalue weighted by molar-refractivity contribution is -0.383. The standard InChI is InChI=1S/C11H17N3O5S2/c1-11(2)7-19-5-4-13(11)21(17,18)9-6-8(14(15)16)10(12-3)20-9/h6,12H,4-5,7H2,1-3H3. The summed E-state index contributed by atoms with van der Waals surface area (Å²) >= 11 is 0.866. The number of nitrogens with zero attached hydrogens (tertiary/aromatic N) is 2. The van der Waals surface area contributed by atoms with E-state index in [-0.39, 0.29) is 21.4 Å². The fourth-order valence-electron chi connectivity index (χ4n) is 2.20. The van der Waals surface area contributed by atoms with Crippen molar-refractivity contribution in [3.05, 3.63) is 16.2 Å². The molecule has 1 saturated heterocycles. The number of anilines is 1. The molecule has 2 rings (SSSR count). The van der Waals surface area contributed by atoms with E-state index < -0.39 is 20.5 Å². The third kappa shape index (κ3) is 2.89. The highest BCUT2D eigenvalue weighted by Crippen LogP contribution is 2.39. The first-order valence-electron chi connectivity index (χ1n) is 6.27. The number of morpholine rings is 1. The fraction of sp³-hybridized carbons (Fsp3) is 0.636. The average Bonchev–Trinajstić information content (AvgIpc) is 2.82. The second kappa shape index (κ2) is 5.52. The minimum absolute atomic E-state index is 0.0338. The highest BCUT2D eigenvalue weighted by Gasteiger charge is 2.41. The summed E-state index contributed by atoms with van der Waals surface area (Å²) in [6, 6.07) is 1.11. The molecule has 0 spiro atoms. The summed E-state index contributed by atoms with van der Waals surface area (Å²) in [5.74, 6) is 0. The topological polar surface area (TPSA) is 102 Å². The van der Waals surface area contributed by atoms with Crippen molar-refractivity contribution in [3.63, 3.8) is 0 Å². The fourth-order valence-corrected chi connectivity index (χ4v) is 5.35. The Morgan fingerprint density at radius 1 is 1.52 bits per heavy atom. The molecule has 21 heavy (non-hydrogen) atoms. The third-order valence-electron chi connectivity index (χ3n) is 3.23. The van der Waals surface area contributed by atoms with Gasteiger partial charge in [0.15, 0.2) is 5.00 Å². The van der Waals surface area contributed by atoms with E-state index in [9.17, 15) is 18.5 Å². The summed E-state index contributed by atoms with van der Waals surface area (Å²) in [5, 5.41) is 13.9. The summed E-state index contributed by atoms with van der Waals surface area (Å²) in [6.45, 7) is 4.37. The predicted octanol–water partition coefficient (Wildman–Crippen LogP) is 1.50. The number of nitro groups is 1. The van der Waals surface area contributed by atoms with Crippen LogP contribution in [-0.2, 0) is 14.8 Å². The van der Waals surface area contributed by atoms with Gasteiger partial charge in [-0.3, -0.25) is 10.1 Å². The van der Waals surface area contributed by atoms with Crippen LogP contribution in [0.25, 0.3) is 0 Å². The van der Waals surface area contributed by atoms with Crippen molar-refractivity contribution in [2.24, 2.45) is 0 Å². The monoisotopic (exact) mass is 335 g/mol. The summed E-state index contributed by atoms with van der Waals surface area (Å²) in [6.07, 6.45) is 0. The molecule has 0 atom stereocenters. The smallest absolute Gasteiger partial charge is 0.304 e. The molecule has 1 aromatic rings. The van der Waals surface area contributed by atoms with Gasteiger partial charge in [0.1, 0.15) is 4.21 Å². The molecule has 8 nitrogen and oxygen atoms in total. The van der Waals surface area contributed by atoms with Gasteiger partial charge in [-0.1, -0.05) is 11.3 Å². The third-order valence-corrected chi connectivity index (χ3v) is 6.93. The van der Waals surface area contributed by atoms with Crippen molar-refractivity contribution in [1.82, 2.24) is 4.31 Å². The van der Waals surface area contributed by atoms with E-state index in [2.05, 4.69) is 5.32 Å². The summed E-state index contributed by atoms with van der Waals surface area (Å²) < 4.78 is 32.1. The molecule has 1 fully saturated rings. The van der Waals surface area contributed by atoms with Crippen LogP contribution < -0.4 is 5.32 Å². The second-order valence-electron chi connectivity index (χ2n) is 5.23. The van der Waals surface area contributed by atoms with Gasteiger partial charge in [-0.15, -0.1) is 0 Å². The van der Waals surface area contributed by atoms with Crippen LogP contribution in [0.1, 0.15) is 13.8 Å². The van der Waals surface area contributed by atoms with Crippen LogP contribution in [-0.4, -0.2) is 50.0 Å². The lowest BCUT2D eigenvalue weighted by atomic mass is 10.1. The van der Waals surface area contributed by atoms with Gasteiger partial charge < -0.3 is 10.1 Å². The molecular formula is C11H17N3O5S2. The Bertz CT molecular complexity index is 653. The van der Waals surface area contributed by atoms with Crippen LogP contribution >= 0.6 is 11.3 Å². The van der Waals surface area contributed by atoms with Crippen molar-refractivity contribution in [2.75, 3.05) is 32.1 Å². The predicted molar refractivity (Wildman–Crippen MR) is 79.3 cm³/mol. The second-order valence-corrected chi connectivity index (χ2v) is 8.37. The quantitative estimate of drug-likeness (QED) is 0.661. The Balaban J connectivity index is 2.46. The Morgan fingerprint density at radius 3 is 2.67 bits per heavy atom.